The van der Waals surface area contributed by atoms with Crippen molar-refractivity contribution in [3.05, 3.63) is 53.1 Å². The number of hydrogen-bond donors (Lipinski definition) is 1. The molecular formula is C29H42N4O2S2. The van der Waals surface area contributed by atoms with Gasteiger partial charge in [0.1, 0.15) is 21.8 Å². The second-order valence-corrected chi connectivity index (χ2v) is 10.3. The number of nitrogens with two attached hydrogens (primary N) is 1. The molecule has 0 aliphatic heterocycles. The summed E-state index contributed by atoms with van der Waals surface area (Å²) in [6.07, 6.45) is 4.81. The summed E-state index contributed by atoms with van der Waals surface area (Å²) >= 11 is 2.43. The van der Waals surface area contributed by atoms with Crippen molar-refractivity contribution in [2.75, 3.05) is 7.11 Å². The molecule has 0 spiro atoms. The summed E-state index contributed by atoms with van der Waals surface area (Å²) in [6, 6.07) is 14.3. The topological polar surface area (TPSA) is 94.0 Å². The second kappa shape index (κ2) is 17.9. The number of rotatable bonds is 6. The van der Waals surface area contributed by atoms with Crippen LogP contribution in [0.15, 0.2) is 36.4 Å². The highest BCUT2D eigenvalue weighted by Gasteiger charge is 2.19. The summed E-state index contributed by atoms with van der Waals surface area (Å²) in [7, 11) is 1.52. The Hall–Kier alpha value is -2.44. The third-order valence-electron chi connectivity index (χ3n) is 5.42. The Morgan fingerprint density at radius 1 is 1.08 bits per heavy atom. The van der Waals surface area contributed by atoms with Crippen molar-refractivity contribution in [2.45, 2.75) is 80.3 Å². The fourth-order valence-corrected chi connectivity index (χ4v) is 4.27. The van der Waals surface area contributed by atoms with Crippen molar-refractivity contribution in [1.82, 2.24) is 10.2 Å². The third kappa shape index (κ3) is 10.4. The molecule has 1 aliphatic rings. The zero-order valence-electron chi connectivity index (χ0n) is 23.5. The van der Waals surface area contributed by atoms with E-state index in [0.29, 0.717) is 11.3 Å². The van der Waals surface area contributed by atoms with Crippen molar-refractivity contribution in [1.29, 1.82) is 5.26 Å². The molecule has 6 nitrogen and oxygen atoms in total. The van der Waals surface area contributed by atoms with Crippen LogP contribution in [-0.2, 0) is 17.0 Å². The largest absolute Gasteiger partial charge is 0.490 e. The second-order valence-electron chi connectivity index (χ2n) is 8.76. The minimum absolute atomic E-state index is 0.0289. The van der Waals surface area contributed by atoms with Crippen molar-refractivity contribution >= 4 is 23.6 Å². The lowest BCUT2D eigenvalue weighted by Crippen LogP contribution is -2.06. The first kappa shape index (κ1) is 32.6. The Kier molecular flexibility index (Phi) is 15.8. The highest BCUT2D eigenvalue weighted by molar-refractivity contribution is 7.92. The van der Waals surface area contributed by atoms with Gasteiger partial charge in [-0.3, -0.25) is 5.14 Å². The molecule has 0 saturated carbocycles. The SMILES string of the molecule is CC.CC(C)Oc1ccc(-c2nnc(-c3cccc4c3CCC4)s2)cc1C#N.CCC(C)C.COSN. The molecule has 8 heteroatoms. The molecule has 0 fully saturated rings. The molecule has 2 aromatic carbocycles. The number of hydrogen-bond acceptors (Lipinski definition) is 8. The van der Waals surface area contributed by atoms with Gasteiger partial charge in [0.2, 0.25) is 0 Å². The van der Waals surface area contributed by atoms with Gasteiger partial charge in [0.15, 0.2) is 0 Å². The molecular weight excluding hydrogens is 500 g/mol. The van der Waals surface area contributed by atoms with Crippen LogP contribution in [0.25, 0.3) is 21.1 Å². The number of nitrogens with zero attached hydrogens (tertiary/aromatic N) is 3. The molecule has 1 aliphatic carbocycles. The van der Waals surface area contributed by atoms with Gasteiger partial charge in [-0.15, -0.1) is 10.2 Å². The minimum Gasteiger partial charge on any atom is -0.490 e. The highest BCUT2D eigenvalue weighted by Crippen LogP contribution is 2.37. The summed E-state index contributed by atoms with van der Waals surface area (Å²) in [5, 5.41) is 24.7. The van der Waals surface area contributed by atoms with Gasteiger partial charge < -0.3 is 8.92 Å². The Bertz CT molecular complexity index is 1110. The fourth-order valence-electron chi connectivity index (χ4n) is 3.38. The van der Waals surface area contributed by atoms with Crippen molar-refractivity contribution in [2.24, 2.45) is 11.1 Å². The van der Waals surface area contributed by atoms with E-state index >= 15 is 0 Å². The maximum absolute atomic E-state index is 9.43. The van der Waals surface area contributed by atoms with Gasteiger partial charge in [-0.2, -0.15) is 5.26 Å². The first-order valence-electron chi connectivity index (χ1n) is 12.9. The molecule has 1 heterocycles. The summed E-state index contributed by atoms with van der Waals surface area (Å²) in [5.74, 6) is 1.49. The first-order chi connectivity index (χ1) is 17.8. The molecule has 0 atom stereocenters. The molecule has 3 aromatic rings. The van der Waals surface area contributed by atoms with Crippen LogP contribution in [0.4, 0.5) is 0 Å². The van der Waals surface area contributed by atoms with Crippen molar-refractivity contribution in [3.8, 4) is 33.0 Å². The number of nitriles is 1. The van der Waals surface area contributed by atoms with Crippen LogP contribution >= 0.6 is 23.6 Å². The zero-order chi connectivity index (χ0) is 27.8. The molecule has 2 N–H and O–H groups in total. The number of aryl methyl sites for hydroxylation is 1. The Labute approximate surface area is 232 Å². The molecule has 0 amide bonds. The zero-order valence-corrected chi connectivity index (χ0v) is 25.1. The fraction of sp³-hybridized carbons (Fsp3) is 0.483. The van der Waals surface area contributed by atoms with E-state index < -0.39 is 0 Å². The summed E-state index contributed by atoms with van der Waals surface area (Å²) in [6.45, 7) is 14.5. The number of aromatic nitrogens is 2. The van der Waals surface area contributed by atoms with E-state index in [2.05, 4.69) is 59.4 Å². The lowest BCUT2D eigenvalue weighted by molar-refractivity contribution is 0.242. The molecule has 0 radical (unpaired) electrons. The molecule has 202 valence electrons. The highest BCUT2D eigenvalue weighted by atomic mass is 32.2. The minimum atomic E-state index is 0.0289. The Morgan fingerprint density at radius 2 is 1.73 bits per heavy atom. The average Bonchev–Trinajstić information content (AvgIpc) is 3.60. The lowest BCUT2D eigenvalue weighted by atomic mass is 10.0. The van der Waals surface area contributed by atoms with Gasteiger partial charge >= 0.3 is 0 Å². The molecule has 0 saturated heterocycles. The molecule has 4 rings (SSSR count). The lowest BCUT2D eigenvalue weighted by Gasteiger charge is -2.11. The van der Waals surface area contributed by atoms with Crippen LogP contribution in [0.5, 0.6) is 5.75 Å². The summed E-state index contributed by atoms with van der Waals surface area (Å²) < 4.78 is 9.93. The summed E-state index contributed by atoms with van der Waals surface area (Å²) in [5.41, 5.74) is 5.46. The Morgan fingerprint density at radius 3 is 2.30 bits per heavy atom. The van der Waals surface area contributed by atoms with Crippen LogP contribution in [0.3, 0.4) is 0 Å². The van der Waals surface area contributed by atoms with E-state index in [1.165, 1.54) is 36.6 Å². The van der Waals surface area contributed by atoms with Crippen LogP contribution in [0.2, 0.25) is 0 Å². The van der Waals surface area contributed by atoms with E-state index in [-0.39, 0.29) is 6.10 Å². The molecule has 37 heavy (non-hydrogen) atoms. The standard InChI is InChI=1S/C21H19N3OS.C5H12.C2H6.CH5NOS/c1-13(2)25-19-10-9-15(11-16(19)12-22)20-23-24-21(26-20)18-8-4-6-14-5-3-7-17(14)18;1-4-5(2)3;1-2;1-3-4-2/h4,6,8-11,13H,3,5,7H2,1-2H3;5H,4H2,1-3H3;1-2H3;2H2,1H3. The van der Waals surface area contributed by atoms with E-state index in [1.807, 2.05) is 45.9 Å². The van der Waals surface area contributed by atoms with Crippen molar-refractivity contribution in [3.63, 3.8) is 0 Å². The maximum Gasteiger partial charge on any atom is 0.148 e. The van der Waals surface area contributed by atoms with Gasteiger partial charge in [-0.1, -0.05) is 70.6 Å². The van der Waals surface area contributed by atoms with Gasteiger partial charge in [-0.25, -0.2) is 0 Å². The average molecular weight is 543 g/mol. The monoisotopic (exact) mass is 542 g/mol. The summed E-state index contributed by atoms with van der Waals surface area (Å²) in [4.78, 5) is 0. The number of fused-ring (bicyclic) bond motifs is 1. The Balaban J connectivity index is 0.000000533. The normalized spacial score (nSPS) is 11.3. The quantitative estimate of drug-likeness (QED) is 0.247. The van der Waals surface area contributed by atoms with Crippen molar-refractivity contribution < 1.29 is 8.92 Å². The smallest absolute Gasteiger partial charge is 0.148 e. The van der Waals surface area contributed by atoms with Crippen LogP contribution in [0.1, 0.15) is 78.0 Å². The van der Waals surface area contributed by atoms with Gasteiger partial charge in [0, 0.05) is 11.1 Å². The van der Waals surface area contributed by atoms with Gasteiger partial charge in [0.05, 0.1) is 31.0 Å². The van der Waals surface area contributed by atoms with Crippen LogP contribution in [0, 0.1) is 17.2 Å². The van der Waals surface area contributed by atoms with Gasteiger partial charge in [0.25, 0.3) is 0 Å². The molecule has 0 unspecified atom stereocenters. The maximum atomic E-state index is 9.43. The number of ether oxygens (including phenoxy) is 1. The predicted octanol–water partition coefficient (Wildman–Crippen LogP) is 8.25. The van der Waals surface area contributed by atoms with Gasteiger partial charge in [-0.05, 0) is 68.4 Å². The molecule has 0 bridgehead atoms. The predicted molar refractivity (Wildman–Crippen MR) is 159 cm³/mol. The van der Waals surface area contributed by atoms with E-state index in [9.17, 15) is 5.26 Å². The number of benzene rings is 2. The van der Waals surface area contributed by atoms with E-state index in [1.54, 1.807) is 11.3 Å². The first-order valence-corrected chi connectivity index (χ1v) is 14.5. The third-order valence-corrected chi connectivity index (χ3v) is 6.62. The van der Waals surface area contributed by atoms with Crippen LogP contribution in [-0.4, -0.2) is 23.4 Å². The van der Waals surface area contributed by atoms with E-state index in [4.69, 9.17) is 9.88 Å². The van der Waals surface area contributed by atoms with Crippen LogP contribution < -0.4 is 9.88 Å². The van der Waals surface area contributed by atoms with E-state index in [0.717, 1.165) is 46.6 Å². The molecule has 1 aromatic heterocycles.